The molecule has 0 unspecified atom stereocenters. The van der Waals surface area contributed by atoms with E-state index in [-0.39, 0.29) is 23.1 Å². The maximum atomic E-state index is 12.6. The van der Waals surface area contributed by atoms with Crippen molar-refractivity contribution in [3.05, 3.63) is 59.4 Å². The molecule has 0 radical (unpaired) electrons. The first-order valence-corrected chi connectivity index (χ1v) is 8.51. The van der Waals surface area contributed by atoms with Crippen LogP contribution in [-0.2, 0) is 0 Å². The lowest BCUT2D eigenvalue weighted by atomic mass is 10.1. The van der Waals surface area contributed by atoms with Gasteiger partial charge in [0.1, 0.15) is 11.4 Å². The second-order valence-corrected chi connectivity index (χ2v) is 6.15. The van der Waals surface area contributed by atoms with E-state index < -0.39 is 6.61 Å². The molecule has 0 aliphatic carbocycles. The summed E-state index contributed by atoms with van der Waals surface area (Å²) < 4.78 is 29.0. The van der Waals surface area contributed by atoms with E-state index in [0.717, 1.165) is 5.69 Å². The summed E-state index contributed by atoms with van der Waals surface area (Å²) in [6, 6.07) is 11.0. The standard InChI is InChI=1S/C19H19F2N3O3/c1-13-4-2-7-16(22-13)18(26)24-10-8-23(9-11-24)17(25)14-5-3-6-15(12-14)27-19(20)21/h2-7,12,19H,8-11H2,1H3. The largest absolute Gasteiger partial charge is 0.435 e. The Bertz CT molecular complexity index is 836. The number of benzene rings is 1. The summed E-state index contributed by atoms with van der Waals surface area (Å²) in [6.45, 7) is 0.354. The van der Waals surface area contributed by atoms with Crippen LogP contribution in [0.3, 0.4) is 0 Å². The summed E-state index contributed by atoms with van der Waals surface area (Å²) in [5.41, 5.74) is 1.42. The zero-order valence-electron chi connectivity index (χ0n) is 14.8. The van der Waals surface area contributed by atoms with Crippen molar-refractivity contribution in [2.24, 2.45) is 0 Å². The molecule has 1 aromatic heterocycles. The predicted octanol–water partition coefficient (Wildman–Crippen LogP) is 2.59. The van der Waals surface area contributed by atoms with Crippen molar-refractivity contribution in [2.45, 2.75) is 13.5 Å². The van der Waals surface area contributed by atoms with Crippen LogP contribution in [0.5, 0.6) is 5.75 Å². The molecule has 27 heavy (non-hydrogen) atoms. The van der Waals surface area contributed by atoms with Gasteiger partial charge in [-0.3, -0.25) is 9.59 Å². The number of alkyl halides is 2. The lowest BCUT2D eigenvalue weighted by Gasteiger charge is -2.34. The molecule has 1 aromatic carbocycles. The maximum Gasteiger partial charge on any atom is 0.387 e. The van der Waals surface area contributed by atoms with Gasteiger partial charge in [-0.05, 0) is 37.3 Å². The highest BCUT2D eigenvalue weighted by Crippen LogP contribution is 2.18. The number of ether oxygens (including phenoxy) is 1. The van der Waals surface area contributed by atoms with Gasteiger partial charge in [0.25, 0.3) is 11.8 Å². The molecule has 2 amide bonds. The average Bonchev–Trinajstić information content (AvgIpc) is 2.66. The molecule has 0 N–H and O–H groups in total. The molecular weight excluding hydrogens is 356 g/mol. The third-order valence-electron chi connectivity index (χ3n) is 4.27. The molecule has 1 saturated heterocycles. The van der Waals surface area contributed by atoms with Crippen molar-refractivity contribution in [3.63, 3.8) is 0 Å². The van der Waals surface area contributed by atoms with Crippen molar-refractivity contribution in [1.29, 1.82) is 0 Å². The Labute approximate surface area is 155 Å². The predicted molar refractivity (Wildman–Crippen MR) is 93.9 cm³/mol. The first-order chi connectivity index (χ1) is 12.9. The Morgan fingerprint density at radius 3 is 2.26 bits per heavy atom. The van der Waals surface area contributed by atoms with Crippen LogP contribution < -0.4 is 4.74 Å². The number of carbonyl (C=O) groups is 2. The van der Waals surface area contributed by atoms with Crippen LogP contribution >= 0.6 is 0 Å². The summed E-state index contributed by atoms with van der Waals surface area (Å²) in [6.07, 6.45) is 0. The number of halogens is 2. The number of piperazine rings is 1. The van der Waals surface area contributed by atoms with Crippen molar-refractivity contribution < 1.29 is 23.1 Å². The zero-order chi connectivity index (χ0) is 19.4. The molecule has 1 aliphatic heterocycles. The third-order valence-corrected chi connectivity index (χ3v) is 4.27. The summed E-state index contributed by atoms with van der Waals surface area (Å²) in [5, 5.41) is 0. The van der Waals surface area contributed by atoms with Gasteiger partial charge in [0.2, 0.25) is 0 Å². The molecule has 0 spiro atoms. The van der Waals surface area contributed by atoms with Crippen molar-refractivity contribution in [2.75, 3.05) is 26.2 Å². The fraction of sp³-hybridized carbons (Fsp3) is 0.316. The smallest absolute Gasteiger partial charge is 0.387 e. The molecule has 2 aromatic rings. The number of aromatic nitrogens is 1. The van der Waals surface area contributed by atoms with Crippen molar-refractivity contribution >= 4 is 11.8 Å². The Kier molecular flexibility index (Phi) is 5.63. The van der Waals surface area contributed by atoms with Gasteiger partial charge in [0.05, 0.1) is 0 Å². The molecule has 0 bridgehead atoms. The fourth-order valence-corrected chi connectivity index (χ4v) is 2.92. The van der Waals surface area contributed by atoms with Crippen molar-refractivity contribution in [1.82, 2.24) is 14.8 Å². The first-order valence-electron chi connectivity index (χ1n) is 8.51. The van der Waals surface area contributed by atoms with Crippen LogP contribution in [0.25, 0.3) is 0 Å². The summed E-state index contributed by atoms with van der Waals surface area (Å²) in [5.74, 6) is -0.510. The van der Waals surface area contributed by atoms with E-state index >= 15 is 0 Å². The summed E-state index contributed by atoms with van der Waals surface area (Å²) >= 11 is 0. The SMILES string of the molecule is Cc1cccc(C(=O)N2CCN(C(=O)c3cccc(OC(F)F)c3)CC2)n1. The molecule has 0 atom stereocenters. The lowest BCUT2D eigenvalue weighted by molar-refractivity contribution is -0.0499. The van der Waals surface area contributed by atoms with E-state index in [0.29, 0.717) is 31.9 Å². The normalized spacial score (nSPS) is 14.4. The summed E-state index contributed by atoms with van der Waals surface area (Å²) in [4.78, 5) is 32.6. The van der Waals surface area contributed by atoms with Crippen LogP contribution in [-0.4, -0.2) is 59.4 Å². The van der Waals surface area contributed by atoms with Gasteiger partial charge >= 0.3 is 6.61 Å². The number of amides is 2. The Hall–Kier alpha value is -3.03. The maximum absolute atomic E-state index is 12.6. The quantitative estimate of drug-likeness (QED) is 0.824. The monoisotopic (exact) mass is 375 g/mol. The molecule has 8 heteroatoms. The van der Waals surface area contributed by atoms with Gasteiger partial charge in [0, 0.05) is 37.4 Å². The lowest BCUT2D eigenvalue weighted by Crippen LogP contribution is -2.50. The molecule has 1 fully saturated rings. The number of aryl methyl sites for hydroxylation is 1. The van der Waals surface area contributed by atoms with E-state index in [9.17, 15) is 18.4 Å². The highest BCUT2D eigenvalue weighted by molar-refractivity contribution is 5.95. The number of hydrogen-bond donors (Lipinski definition) is 0. The van der Waals surface area contributed by atoms with E-state index in [2.05, 4.69) is 9.72 Å². The molecule has 0 saturated carbocycles. The molecule has 1 aliphatic rings. The highest BCUT2D eigenvalue weighted by atomic mass is 19.3. The third kappa shape index (κ3) is 4.58. The van der Waals surface area contributed by atoms with Crippen LogP contribution in [0.2, 0.25) is 0 Å². The fourth-order valence-electron chi connectivity index (χ4n) is 2.92. The van der Waals surface area contributed by atoms with Crippen LogP contribution in [0, 0.1) is 6.92 Å². The van der Waals surface area contributed by atoms with E-state index in [1.54, 1.807) is 28.0 Å². The molecule has 142 valence electrons. The van der Waals surface area contributed by atoms with Gasteiger partial charge in [0.15, 0.2) is 0 Å². The zero-order valence-corrected chi connectivity index (χ0v) is 14.8. The topological polar surface area (TPSA) is 62.7 Å². The number of carbonyl (C=O) groups excluding carboxylic acids is 2. The van der Waals surface area contributed by atoms with E-state index in [1.165, 1.54) is 18.2 Å². The number of rotatable bonds is 4. The van der Waals surface area contributed by atoms with Gasteiger partial charge < -0.3 is 14.5 Å². The molecular formula is C19H19F2N3O3. The second kappa shape index (κ2) is 8.11. The summed E-state index contributed by atoms with van der Waals surface area (Å²) in [7, 11) is 0. The Morgan fingerprint density at radius 1 is 1.00 bits per heavy atom. The number of pyridine rings is 1. The first kappa shape index (κ1) is 18.8. The van der Waals surface area contributed by atoms with E-state index in [1.807, 2.05) is 13.0 Å². The van der Waals surface area contributed by atoms with Gasteiger partial charge in [-0.15, -0.1) is 0 Å². The van der Waals surface area contributed by atoms with Crippen LogP contribution in [0.4, 0.5) is 8.78 Å². The van der Waals surface area contributed by atoms with Gasteiger partial charge in [-0.2, -0.15) is 8.78 Å². The van der Waals surface area contributed by atoms with Gasteiger partial charge in [-0.1, -0.05) is 12.1 Å². The number of hydrogen-bond acceptors (Lipinski definition) is 4. The highest BCUT2D eigenvalue weighted by Gasteiger charge is 2.26. The van der Waals surface area contributed by atoms with Gasteiger partial charge in [-0.25, -0.2) is 4.98 Å². The van der Waals surface area contributed by atoms with Crippen LogP contribution in [0.15, 0.2) is 42.5 Å². The van der Waals surface area contributed by atoms with Crippen molar-refractivity contribution in [3.8, 4) is 5.75 Å². The minimum Gasteiger partial charge on any atom is -0.435 e. The second-order valence-electron chi connectivity index (χ2n) is 6.15. The molecule has 3 rings (SSSR count). The number of nitrogens with zero attached hydrogens (tertiary/aromatic N) is 3. The average molecular weight is 375 g/mol. The minimum absolute atomic E-state index is 0.0600. The Morgan fingerprint density at radius 2 is 1.63 bits per heavy atom. The van der Waals surface area contributed by atoms with E-state index in [4.69, 9.17) is 0 Å². The molecule has 2 heterocycles. The minimum atomic E-state index is -2.94. The molecule has 6 nitrogen and oxygen atoms in total. The van der Waals surface area contributed by atoms with Crippen LogP contribution in [0.1, 0.15) is 26.5 Å². The Balaban J connectivity index is 1.62.